The van der Waals surface area contributed by atoms with E-state index in [1.807, 2.05) is 12.1 Å². The second-order valence-electron chi connectivity index (χ2n) is 9.47. The van der Waals surface area contributed by atoms with Gasteiger partial charge in [0.25, 0.3) is 0 Å². The lowest BCUT2D eigenvalue weighted by atomic mass is 9.92. The van der Waals surface area contributed by atoms with Crippen LogP contribution in [0.1, 0.15) is 36.8 Å². The zero-order valence-corrected chi connectivity index (χ0v) is 19.8. The van der Waals surface area contributed by atoms with Gasteiger partial charge in [0.1, 0.15) is 6.10 Å². The zero-order chi connectivity index (χ0) is 23.1. The van der Waals surface area contributed by atoms with E-state index in [1.165, 1.54) is 22.3 Å². The SMILES string of the molecule is Cc1c(-c2ccc(-c3ccccc3)cc2)nc2cc(OC3CCC4(CC3)OCCO4)[nH]c2c1C. The number of hydrogen-bond donors (Lipinski definition) is 1. The number of fused-ring (bicyclic) bond motifs is 1. The van der Waals surface area contributed by atoms with E-state index in [9.17, 15) is 0 Å². The lowest BCUT2D eigenvalue weighted by Gasteiger charge is -2.35. The molecule has 174 valence electrons. The molecule has 6 rings (SSSR count). The molecule has 0 bridgehead atoms. The van der Waals surface area contributed by atoms with Crippen LogP contribution in [-0.4, -0.2) is 35.1 Å². The minimum absolute atomic E-state index is 0.165. The highest BCUT2D eigenvalue weighted by Crippen LogP contribution is 2.38. The molecule has 1 aliphatic heterocycles. The normalized spacial score (nSPS) is 18.1. The van der Waals surface area contributed by atoms with E-state index in [0.717, 1.165) is 53.9 Å². The van der Waals surface area contributed by atoms with E-state index >= 15 is 0 Å². The van der Waals surface area contributed by atoms with Crippen molar-refractivity contribution in [3.8, 4) is 28.3 Å². The first-order chi connectivity index (χ1) is 16.6. The molecule has 5 nitrogen and oxygen atoms in total. The van der Waals surface area contributed by atoms with Gasteiger partial charge in [-0.2, -0.15) is 0 Å². The number of aromatic amines is 1. The molecule has 2 aromatic heterocycles. The molecule has 1 saturated carbocycles. The molecule has 0 radical (unpaired) electrons. The summed E-state index contributed by atoms with van der Waals surface area (Å²) in [7, 11) is 0. The van der Waals surface area contributed by atoms with Crippen LogP contribution in [0.15, 0.2) is 60.7 Å². The Morgan fingerprint density at radius 3 is 2.21 bits per heavy atom. The number of ether oxygens (including phenoxy) is 3. The van der Waals surface area contributed by atoms with Crippen molar-refractivity contribution in [2.45, 2.75) is 51.4 Å². The monoisotopic (exact) mass is 454 g/mol. The zero-order valence-electron chi connectivity index (χ0n) is 19.8. The molecule has 3 heterocycles. The summed E-state index contributed by atoms with van der Waals surface area (Å²) in [6.07, 6.45) is 3.80. The highest BCUT2D eigenvalue weighted by Gasteiger charge is 2.41. The van der Waals surface area contributed by atoms with Crippen molar-refractivity contribution in [1.29, 1.82) is 0 Å². The summed E-state index contributed by atoms with van der Waals surface area (Å²) in [6.45, 7) is 5.71. The molecule has 0 amide bonds. The van der Waals surface area contributed by atoms with E-state index in [0.29, 0.717) is 13.2 Å². The summed E-state index contributed by atoms with van der Waals surface area (Å²) < 4.78 is 18.0. The fraction of sp³-hybridized carbons (Fsp3) is 0.345. The predicted octanol–water partition coefficient (Wildman–Crippen LogP) is 6.58. The summed E-state index contributed by atoms with van der Waals surface area (Å²) in [5.74, 6) is 0.427. The Kier molecular flexibility index (Phi) is 5.39. The third-order valence-corrected chi connectivity index (χ3v) is 7.36. The van der Waals surface area contributed by atoms with Crippen LogP contribution in [0, 0.1) is 13.8 Å². The number of nitrogens with one attached hydrogen (secondary N) is 1. The second-order valence-corrected chi connectivity index (χ2v) is 9.47. The van der Waals surface area contributed by atoms with Crippen LogP contribution in [-0.2, 0) is 9.47 Å². The fourth-order valence-corrected chi connectivity index (χ4v) is 5.27. The number of nitrogens with zero attached hydrogens (tertiary/aromatic N) is 1. The Morgan fingerprint density at radius 2 is 1.50 bits per heavy atom. The highest BCUT2D eigenvalue weighted by atomic mass is 16.7. The van der Waals surface area contributed by atoms with E-state index in [2.05, 4.69) is 67.4 Å². The van der Waals surface area contributed by atoms with Crippen molar-refractivity contribution in [3.63, 3.8) is 0 Å². The van der Waals surface area contributed by atoms with Crippen LogP contribution in [0.2, 0.25) is 0 Å². The highest BCUT2D eigenvalue weighted by molar-refractivity contribution is 5.86. The summed E-state index contributed by atoms with van der Waals surface area (Å²) in [4.78, 5) is 8.50. The second kappa shape index (κ2) is 8.57. The van der Waals surface area contributed by atoms with Gasteiger partial charge in [-0.3, -0.25) is 0 Å². The number of pyridine rings is 1. The van der Waals surface area contributed by atoms with E-state index in [4.69, 9.17) is 19.2 Å². The predicted molar refractivity (Wildman–Crippen MR) is 134 cm³/mol. The van der Waals surface area contributed by atoms with Gasteiger partial charge in [0, 0.05) is 24.5 Å². The van der Waals surface area contributed by atoms with Gasteiger partial charge < -0.3 is 19.2 Å². The molecule has 1 spiro atoms. The van der Waals surface area contributed by atoms with Crippen molar-refractivity contribution in [2.75, 3.05) is 13.2 Å². The van der Waals surface area contributed by atoms with E-state index in [-0.39, 0.29) is 11.9 Å². The first-order valence-electron chi connectivity index (χ1n) is 12.2. The summed E-state index contributed by atoms with van der Waals surface area (Å²) in [5, 5.41) is 0. The van der Waals surface area contributed by atoms with Gasteiger partial charge in [0.05, 0.1) is 29.9 Å². The Morgan fingerprint density at radius 1 is 0.853 bits per heavy atom. The quantitative estimate of drug-likeness (QED) is 0.378. The fourth-order valence-electron chi connectivity index (χ4n) is 5.27. The van der Waals surface area contributed by atoms with Crippen molar-refractivity contribution >= 4 is 11.0 Å². The number of benzene rings is 2. The number of hydrogen-bond acceptors (Lipinski definition) is 4. The maximum atomic E-state index is 6.34. The topological polar surface area (TPSA) is 56.4 Å². The Bertz CT molecular complexity index is 1290. The van der Waals surface area contributed by atoms with Crippen LogP contribution in [0.25, 0.3) is 33.4 Å². The van der Waals surface area contributed by atoms with Gasteiger partial charge in [-0.15, -0.1) is 0 Å². The molecule has 34 heavy (non-hydrogen) atoms. The minimum Gasteiger partial charge on any atom is -0.476 e. The molecule has 1 N–H and O–H groups in total. The van der Waals surface area contributed by atoms with Crippen LogP contribution in [0.3, 0.4) is 0 Å². The third kappa shape index (κ3) is 3.89. The Labute approximate surface area is 200 Å². The molecule has 2 aliphatic rings. The van der Waals surface area contributed by atoms with Crippen LogP contribution in [0.5, 0.6) is 5.88 Å². The van der Waals surface area contributed by atoms with Crippen LogP contribution < -0.4 is 4.74 Å². The molecular weight excluding hydrogens is 424 g/mol. The number of H-pyrrole nitrogens is 1. The van der Waals surface area contributed by atoms with Crippen molar-refractivity contribution in [3.05, 3.63) is 71.8 Å². The van der Waals surface area contributed by atoms with E-state index < -0.39 is 0 Å². The molecule has 2 aromatic carbocycles. The lowest BCUT2D eigenvalue weighted by Crippen LogP contribution is -2.38. The summed E-state index contributed by atoms with van der Waals surface area (Å²) in [5.41, 5.74) is 8.95. The van der Waals surface area contributed by atoms with Gasteiger partial charge in [0.2, 0.25) is 0 Å². The molecule has 1 aliphatic carbocycles. The van der Waals surface area contributed by atoms with Crippen LogP contribution >= 0.6 is 0 Å². The van der Waals surface area contributed by atoms with Gasteiger partial charge in [-0.1, -0.05) is 54.6 Å². The third-order valence-electron chi connectivity index (χ3n) is 7.36. The summed E-state index contributed by atoms with van der Waals surface area (Å²) >= 11 is 0. The number of aryl methyl sites for hydroxylation is 1. The molecule has 0 unspecified atom stereocenters. The summed E-state index contributed by atoms with van der Waals surface area (Å²) in [6, 6.07) is 21.2. The maximum Gasteiger partial charge on any atom is 0.193 e. The average Bonchev–Trinajstić information content (AvgIpc) is 3.51. The standard InChI is InChI=1S/C29H30N2O3/c1-19-20(2)28-25(18-26(31-28)34-24-12-14-29(15-13-24)32-16-17-33-29)30-27(19)23-10-8-22(9-11-23)21-6-4-3-5-7-21/h3-11,18,24,31H,12-17H2,1-2H3. The minimum atomic E-state index is -0.361. The molecule has 4 aromatic rings. The maximum absolute atomic E-state index is 6.34. The van der Waals surface area contributed by atoms with Crippen molar-refractivity contribution in [1.82, 2.24) is 9.97 Å². The van der Waals surface area contributed by atoms with Gasteiger partial charge in [-0.05, 0) is 48.9 Å². The smallest absolute Gasteiger partial charge is 0.193 e. The molecule has 2 fully saturated rings. The van der Waals surface area contributed by atoms with Crippen molar-refractivity contribution in [2.24, 2.45) is 0 Å². The Balaban J connectivity index is 1.24. The molecule has 5 heteroatoms. The molecular formula is C29H30N2O3. The first-order valence-corrected chi connectivity index (χ1v) is 12.2. The first kappa shape index (κ1) is 21.4. The average molecular weight is 455 g/mol. The molecule has 1 saturated heterocycles. The van der Waals surface area contributed by atoms with Gasteiger partial charge in [0.15, 0.2) is 11.7 Å². The van der Waals surface area contributed by atoms with E-state index in [1.54, 1.807) is 0 Å². The number of rotatable bonds is 4. The van der Waals surface area contributed by atoms with Gasteiger partial charge >= 0.3 is 0 Å². The van der Waals surface area contributed by atoms with Gasteiger partial charge in [-0.25, -0.2) is 4.98 Å². The number of aromatic nitrogens is 2. The lowest BCUT2D eigenvalue weighted by molar-refractivity contribution is -0.186. The Hall–Kier alpha value is -3.15. The molecule has 0 atom stereocenters. The largest absolute Gasteiger partial charge is 0.476 e. The van der Waals surface area contributed by atoms with Crippen LogP contribution in [0.4, 0.5) is 0 Å². The van der Waals surface area contributed by atoms with Crippen molar-refractivity contribution < 1.29 is 14.2 Å².